The summed E-state index contributed by atoms with van der Waals surface area (Å²) in [4.78, 5) is 0. The summed E-state index contributed by atoms with van der Waals surface area (Å²) in [5.41, 5.74) is 6.60. The second-order valence-corrected chi connectivity index (χ2v) is 4.89. The topological polar surface area (TPSA) is 35.2 Å². The molecule has 0 fully saturated rings. The lowest BCUT2D eigenvalue weighted by Crippen LogP contribution is -2.06. The van der Waals surface area contributed by atoms with Gasteiger partial charge in [0.1, 0.15) is 12.4 Å². The Morgan fingerprint density at radius 1 is 1.25 bits per heavy atom. The first-order valence-corrected chi connectivity index (χ1v) is 6.47. The Kier molecular flexibility index (Phi) is 4.57. The van der Waals surface area contributed by atoms with E-state index in [1.807, 2.05) is 0 Å². The van der Waals surface area contributed by atoms with Gasteiger partial charge in [-0.3, -0.25) is 0 Å². The van der Waals surface area contributed by atoms with Gasteiger partial charge >= 0.3 is 0 Å². The summed E-state index contributed by atoms with van der Waals surface area (Å²) in [7, 11) is 0. The Hall–Kier alpha value is -1.65. The average molecular weight is 298 g/mol. The second-order valence-electron chi connectivity index (χ2n) is 4.48. The van der Waals surface area contributed by atoms with Crippen molar-refractivity contribution in [2.45, 2.75) is 19.6 Å². The van der Waals surface area contributed by atoms with E-state index in [0.717, 1.165) is 0 Å². The number of halogens is 3. The van der Waals surface area contributed by atoms with Crippen molar-refractivity contribution in [2.75, 3.05) is 0 Å². The minimum Gasteiger partial charge on any atom is -0.486 e. The van der Waals surface area contributed by atoms with Gasteiger partial charge in [0.25, 0.3) is 0 Å². The summed E-state index contributed by atoms with van der Waals surface area (Å²) in [5, 5.41) is 0.0128. The van der Waals surface area contributed by atoms with Crippen LogP contribution in [0.1, 0.15) is 24.1 Å². The molecule has 2 rings (SSSR count). The number of rotatable bonds is 4. The molecule has 106 valence electrons. The Bertz CT molecular complexity index is 617. The summed E-state index contributed by atoms with van der Waals surface area (Å²) in [6, 6.07) is 8.80. The fourth-order valence-electron chi connectivity index (χ4n) is 1.73. The number of nitrogens with two attached hydrogens (primary N) is 1. The fourth-order valence-corrected chi connectivity index (χ4v) is 1.93. The van der Waals surface area contributed by atoms with Crippen LogP contribution in [0.2, 0.25) is 5.02 Å². The van der Waals surface area contributed by atoms with Crippen molar-refractivity contribution in [3.05, 3.63) is 64.2 Å². The molecule has 1 unspecified atom stereocenters. The molecule has 0 radical (unpaired) electrons. The molecule has 0 bridgehead atoms. The molecular weight excluding hydrogens is 284 g/mol. The lowest BCUT2D eigenvalue weighted by Gasteiger charge is -2.11. The largest absolute Gasteiger partial charge is 0.486 e. The van der Waals surface area contributed by atoms with Crippen molar-refractivity contribution in [1.82, 2.24) is 0 Å². The molecule has 0 aliphatic carbocycles. The van der Waals surface area contributed by atoms with Gasteiger partial charge in [-0.2, -0.15) is 0 Å². The van der Waals surface area contributed by atoms with Crippen LogP contribution in [0.15, 0.2) is 36.4 Å². The molecule has 2 nitrogen and oxygen atoms in total. The normalized spacial score (nSPS) is 12.2. The van der Waals surface area contributed by atoms with Gasteiger partial charge in [-0.25, -0.2) is 8.78 Å². The van der Waals surface area contributed by atoms with Crippen LogP contribution in [0.25, 0.3) is 0 Å². The zero-order chi connectivity index (χ0) is 14.7. The number of hydrogen-bond acceptors (Lipinski definition) is 2. The first kappa shape index (κ1) is 14.8. The van der Waals surface area contributed by atoms with Crippen molar-refractivity contribution >= 4 is 11.6 Å². The highest BCUT2D eigenvalue weighted by Crippen LogP contribution is 2.24. The third kappa shape index (κ3) is 3.26. The molecule has 0 aliphatic heterocycles. The Morgan fingerprint density at radius 3 is 2.65 bits per heavy atom. The number of benzene rings is 2. The maximum Gasteiger partial charge on any atom is 0.165 e. The van der Waals surface area contributed by atoms with Gasteiger partial charge in [-0.05, 0) is 30.7 Å². The van der Waals surface area contributed by atoms with Gasteiger partial charge in [0.05, 0.1) is 5.02 Å². The van der Waals surface area contributed by atoms with Gasteiger partial charge in [-0.15, -0.1) is 0 Å². The van der Waals surface area contributed by atoms with Gasteiger partial charge in [0.15, 0.2) is 11.6 Å². The SMILES string of the molecule is CC(N)c1ccc(OCc2cccc(Cl)c2F)c(F)c1. The van der Waals surface area contributed by atoms with Crippen LogP contribution < -0.4 is 10.5 Å². The van der Waals surface area contributed by atoms with Gasteiger partial charge in [-0.1, -0.05) is 29.8 Å². The van der Waals surface area contributed by atoms with Crippen molar-refractivity contribution < 1.29 is 13.5 Å². The first-order valence-electron chi connectivity index (χ1n) is 6.09. The molecule has 0 saturated heterocycles. The lowest BCUT2D eigenvalue weighted by molar-refractivity contribution is 0.284. The highest BCUT2D eigenvalue weighted by molar-refractivity contribution is 6.30. The summed E-state index contributed by atoms with van der Waals surface area (Å²) < 4.78 is 32.7. The van der Waals surface area contributed by atoms with Crippen LogP contribution in [0, 0.1) is 11.6 Å². The molecule has 0 aromatic heterocycles. The molecule has 2 aromatic rings. The molecule has 20 heavy (non-hydrogen) atoms. The minimum atomic E-state index is -0.554. The zero-order valence-electron chi connectivity index (χ0n) is 10.9. The van der Waals surface area contributed by atoms with Gasteiger partial charge in [0, 0.05) is 11.6 Å². The molecule has 0 saturated carbocycles. The molecular formula is C15H14ClF2NO. The second kappa shape index (κ2) is 6.20. The Morgan fingerprint density at radius 2 is 2.00 bits per heavy atom. The molecule has 0 spiro atoms. The Labute approximate surface area is 121 Å². The smallest absolute Gasteiger partial charge is 0.165 e. The standard InChI is InChI=1S/C15H14ClF2NO/c1-9(19)10-5-6-14(13(17)7-10)20-8-11-3-2-4-12(16)15(11)18/h2-7,9H,8,19H2,1H3. The predicted octanol–water partition coefficient (Wildman–Crippen LogP) is 4.22. The highest BCUT2D eigenvalue weighted by Gasteiger charge is 2.10. The van der Waals surface area contributed by atoms with Crippen LogP contribution in [-0.2, 0) is 6.61 Å². The summed E-state index contributed by atoms with van der Waals surface area (Å²) in [5.74, 6) is -1.03. The average Bonchev–Trinajstić information content (AvgIpc) is 2.41. The van der Waals surface area contributed by atoms with E-state index in [1.54, 1.807) is 19.1 Å². The van der Waals surface area contributed by atoms with Crippen LogP contribution in [0.3, 0.4) is 0 Å². The van der Waals surface area contributed by atoms with Crippen molar-refractivity contribution in [3.8, 4) is 5.75 Å². The molecule has 0 aliphatic rings. The molecule has 2 N–H and O–H groups in total. The van der Waals surface area contributed by atoms with E-state index in [4.69, 9.17) is 22.1 Å². The number of ether oxygens (including phenoxy) is 1. The predicted molar refractivity (Wildman–Crippen MR) is 74.7 cm³/mol. The minimum absolute atomic E-state index is 0.0128. The first-order chi connectivity index (χ1) is 9.49. The van der Waals surface area contributed by atoms with Gasteiger partial charge in [0.2, 0.25) is 0 Å². The quantitative estimate of drug-likeness (QED) is 0.917. The van der Waals surface area contributed by atoms with E-state index in [0.29, 0.717) is 5.56 Å². The van der Waals surface area contributed by atoms with E-state index >= 15 is 0 Å². The third-order valence-corrected chi connectivity index (χ3v) is 3.19. The van der Waals surface area contributed by atoms with Crippen molar-refractivity contribution in [2.24, 2.45) is 5.73 Å². The van der Waals surface area contributed by atoms with E-state index in [1.165, 1.54) is 24.3 Å². The zero-order valence-corrected chi connectivity index (χ0v) is 11.6. The summed E-state index contributed by atoms with van der Waals surface area (Å²) in [6.07, 6.45) is 0. The van der Waals surface area contributed by atoms with E-state index in [2.05, 4.69) is 0 Å². The van der Waals surface area contributed by atoms with Gasteiger partial charge < -0.3 is 10.5 Å². The van der Waals surface area contributed by atoms with E-state index in [-0.39, 0.29) is 29.0 Å². The van der Waals surface area contributed by atoms with Crippen molar-refractivity contribution in [1.29, 1.82) is 0 Å². The summed E-state index contributed by atoms with van der Waals surface area (Å²) >= 11 is 5.66. The monoisotopic (exact) mass is 297 g/mol. The fraction of sp³-hybridized carbons (Fsp3) is 0.200. The molecule has 5 heteroatoms. The molecule has 0 heterocycles. The van der Waals surface area contributed by atoms with E-state index in [9.17, 15) is 8.78 Å². The van der Waals surface area contributed by atoms with Crippen LogP contribution in [0.5, 0.6) is 5.75 Å². The van der Waals surface area contributed by atoms with Crippen LogP contribution >= 0.6 is 11.6 Å². The highest BCUT2D eigenvalue weighted by atomic mass is 35.5. The number of hydrogen-bond donors (Lipinski definition) is 1. The lowest BCUT2D eigenvalue weighted by atomic mass is 10.1. The maximum atomic E-state index is 13.8. The Balaban J connectivity index is 2.13. The molecule has 2 aromatic carbocycles. The molecule has 0 amide bonds. The maximum absolute atomic E-state index is 13.8. The van der Waals surface area contributed by atoms with Crippen LogP contribution in [-0.4, -0.2) is 0 Å². The van der Waals surface area contributed by atoms with E-state index < -0.39 is 11.6 Å². The third-order valence-electron chi connectivity index (χ3n) is 2.90. The summed E-state index contributed by atoms with van der Waals surface area (Å²) in [6.45, 7) is 1.66. The molecule has 1 atom stereocenters. The van der Waals surface area contributed by atoms with Crippen molar-refractivity contribution in [3.63, 3.8) is 0 Å². The van der Waals surface area contributed by atoms with Crippen LogP contribution in [0.4, 0.5) is 8.78 Å².